The number of carbonyl (C=O) groups is 2. The van der Waals surface area contributed by atoms with Crippen LogP contribution in [0.15, 0.2) is 30.3 Å². The van der Waals surface area contributed by atoms with Crippen LogP contribution >= 0.6 is 15.9 Å². The average molecular weight is 329 g/mol. The minimum absolute atomic E-state index is 0.221. The molecule has 1 aromatic carbocycles. The molecule has 1 N–H and O–H groups in total. The zero-order valence-electron chi connectivity index (χ0n) is 10.8. The van der Waals surface area contributed by atoms with Crippen molar-refractivity contribution < 1.29 is 14.3 Å². The van der Waals surface area contributed by atoms with Gasteiger partial charge >= 0.3 is 6.09 Å². The molecule has 0 saturated heterocycles. The fraction of sp³-hybridized carbons (Fsp3) is 0.385. The Morgan fingerprint density at radius 1 is 1.32 bits per heavy atom. The Balaban J connectivity index is 2.54. The summed E-state index contributed by atoms with van der Waals surface area (Å²) in [6.45, 7) is 2.33. The van der Waals surface area contributed by atoms with Crippen molar-refractivity contribution in [1.29, 1.82) is 0 Å². The van der Waals surface area contributed by atoms with Gasteiger partial charge < -0.3 is 4.74 Å². The third-order valence-electron chi connectivity index (χ3n) is 2.26. The number of halogens is 1. The van der Waals surface area contributed by atoms with Crippen LogP contribution < -0.4 is 5.43 Å². The summed E-state index contributed by atoms with van der Waals surface area (Å²) in [5.41, 5.74) is 3.43. The Kier molecular flexibility index (Phi) is 6.95. The lowest BCUT2D eigenvalue weighted by molar-refractivity contribution is -0.124. The van der Waals surface area contributed by atoms with E-state index < -0.39 is 6.09 Å². The molecule has 5 nitrogen and oxygen atoms in total. The number of rotatable bonds is 5. The molecule has 0 spiro atoms. The van der Waals surface area contributed by atoms with Crippen LogP contribution in [-0.2, 0) is 16.0 Å². The number of nitrogens with zero attached hydrogens (tertiary/aromatic N) is 1. The molecule has 2 amide bonds. The Morgan fingerprint density at radius 3 is 2.58 bits per heavy atom. The molecule has 0 aliphatic carbocycles. The molecule has 0 radical (unpaired) electrons. The van der Waals surface area contributed by atoms with Gasteiger partial charge in [0.2, 0.25) is 5.91 Å². The van der Waals surface area contributed by atoms with E-state index in [4.69, 9.17) is 4.74 Å². The van der Waals surface area contributed by atoms with Gasteiger partial charge in [0.25, 0.3) is 0 Å². The topological polar surface area (TPSA) is 58.6 Å². The van der Waals surface area contributed by atoms with Crippen LogP contribution in [0.4, 0.5) is 4.79 Å². The molecule has 6 heteroatoms. The van der Waals surface area contributed by atoms with Crippen LogP contribution in [0.3, 0.4) is 0 Å². The van der Waals surface area contributed by atoms with Gasteiger partial charge in [0.15, 0.2) is 0 Å². The van der Waals surface area contributed by atoms with Crippen molar-refractivity contribution in [3.05, 3.63) is 35.9 Å². The SMILES string of the molecule is CCOC(=O)N(CCBr)NC(=O)Cc1ccccc1. The highest BCUT2D eigenvalue weighted by Gasteiger charge is 2.16. The maximum atomic E-state index is 11.8. The monoisotopic (exact) mass is 328 g/mol. The molecule has 0 heterocycles. The fourth-order valence-electron chi connectivity index (χ4n) is 1.45. The van der Waals surface area contributed by atoms with Gasteiger partial charge in [0.1, 0.15) is 0 Å². The van der Waals surface area contributed by atoms with E-state index in [2.05, 4.69) is 21.4 Å². The smallest absolute Gasteiger partial charge is 0.428 e. The number of hydrogen-bond acceptors (Lipinski definition) is 3. The van der Waals surface area contributed by atoms with Crippen molar-refractivity contribution in [2.45, 2.75) is 13.3 Å². The van der Waals surface area contributed by atoms with E-state index in [9.17, 15) is 9.59 Å². The van der Waals surface area contributed by atoms with Gasteiger partial charge in [-0.1, -0.05) is 46.3 Å². The maximum absolute atomic E-state index is 11.8. The normalized spacial score (nSPS) is 9.79. The predicted octanol–water partition coefficient (Wildman–Crippen LogP) is 2.11. The van der Waals surface area contributed by atoms with E-state index in [-0.39, 0.29) is 18.9 Å². The molecule has 0 atom stereocenters. The lowest BCUT2D eigenvalue weighted by atomic mass is 10.1. The first-order valence-corrected chi connectivity index (χ1v) is 7.13. The first-order valence-electron chi connectivity index (χ1n) is 6.01. The van der Waals surface area contributed by atoms with Gasteiger partial charge in [-0.25, -0.2) is 9.80 Å². The third-order valence-corrected chi connectivity index (χ3v) is 2.62. The molecule has 1 rings (SSSR count). The fourth-order valence-corrected chi connectivity index (χ4v) is 1.80. The maximum Gasteiger partial charge on any atom is 0.428 e. The van der Waals surface area contributed by atoms with Crippen LogP contribution in [0.1, 0.15) is 12.5 Å². The first kappa shape index (κ1) is 15.5. The van der Waals surface area contributed by atoms with Gasteiger partial charge in [0.05, 0.1) is 19.6 Å². The van der Waals surface area contributed by atoms with E-state index in [0.29, 0.717) is 11.9 Å². The molecule has 19 heavy (non-hydrogen) atoms. The van der Waals surface area contributed by atoms with E-state index in [1.165, 1.54) is 5.01 Å². The van der Waals surface area contributed by atoms with Crippen molar-refractivity contribution in [1.82, 2.24) is 10.4 Å². The van der Waals surface area contributed by atoms with Gasteiger partial charge in [0, 0.05) is 5.33 Å². The van der Waals surface area contributed by atoms with Crippen LogP contribution in [0, 0.1) is 0 Å². The number of ether oxygens (including phenoxy) is 1. The largest absolute Gasteiger partial charge is 0.448 e. The predicted molar refractivity (Wildman–Crippen MR) is 75.8 cm³/mol. The standard InChI is InChI=1S/C13H17BrN2O3/c1-2-19-13(18)16(9-8-14)15-12(17)10-11-6-4-3-5-7-11/h3-7H,2,8-10H2,1H3,(H,15,17). The number of benzene rings is 1. The minimum Gasteiger partial charge on any atom is -0.448 e. The van der Waals surface area contributed by atoms with Crippen molar-refractivity contribution in [3.63, 3.8) is 0 Å². The summed E-state index contributed by atoms with van der Waals surface area (Å²) >= 11 is 3.23. The molecule has 0 bridgehead atoms. The van der Waals surface area contributed by atoms with E-state index >= 15 is 0 Å². The van der Waals surface area contributed by atoms with Crippen molar-refractivity contribution >= 4 is 27.9 Å². The van der Waals surface area contributed by atoms with Crippen molar-refractivity contribution in [2.24, 2.45) is 0 Å². The number of hydrazine groups is 1. The van der Waals surface area contributed by atoms with Crippen LogP contribution in [-0.4, -0.2) is 35.5 Å². The Hall–Kier alpha value is -1.56. The van der Waals surface area contributed by atoms with Gasteiger partial charge in [-0.05, 0) is 12.5 Å². The molecule has 0 saturated carbocycles. The van der Waals surface area contributed by atoms with Gasteiger partial charge in [-0.2, -0.15) is 0 Å². The second kappa shape index (κ2) is 8.53. The summed E-state index contributed by atoms with van der Waals surface area (Å²) in [5, 5.41) is 1.72. The highest BCUT2D eigenvalue weighted by molar-refractivity contribution is 9.09. The van der Waals surface area contributed by atoms with E-state index in [1.54, 1.807) is 6.92 Å². The molecule has 0 aromatic heterocycles. The van der Waals surface area contributed by atoms with Crippen LogP contribution in [0.2, 0.25) is 0 Å². The van der Waals surface area contributed by atoms with Crippen molar-refractivity contribution in [2.75, 3.05) is 18.5 Å². The highest BCUT2D eigenvalue weighted by Crippen LogP contribution is 2.00. The molecule has 0 fully saturated rings. The Morgan fingerprint density at radius 2 is 2.00 bits per heavy atom. The second-order valence-corrected chi connectivity index (χ2v) is 4.53. The quantitative estimate of drug-likeness (QED) is 0.665. The summed E-state index contributed by atoms with van der Waals surface area (Å²) in [4.78, 5) is 23.4. The Bertz CT molecular complexity index is 412. The van der Waals surface area contributed by atoms with Crippen molar-refractivity contribution in [3.8, 4) is 0 Å². The first-order chi connectivity index (χ1) is 9.17. The lowest BCUT2D eigenvalue weighted by Crippen LogP contribution is -2.47. The zero-order chi connectivity index (χ0) is 14.1. The lowest BCUT2D eigenvalue weighted by Gasteiger charge is -2.21. The zero-order valence-corrected chi connectivity index (χ0v) is 12.4. The molecule has 0 unspecified atom stereocenters. The molecular formula is C13H17BrN2O3. The third kappa shape index (κ3) is 5.74. The number of alkyl halides is 1. The summed E-state index contributed by atoms with van der Waals surface area (Å²) in [7, 11) is 0. The molecule has 104 valence electrons. The van der Waals surface area contributed by atoms with Crippen LogP contribution in [0.5, 0.6) is 0 Å². The second-order valence-electron chi connectivity index (χ2n) is 3.74. The molecular weight excluding hydrogens is 312 g/mol. The number of amides is 2. The Labute approximate surface area is 121 Å². The molecule has 1 aromatic rings. The summed E-state index contributed by atoms with van der Waals surface area (Å²) in [6, 6.07) is 9.34. The number of carbonyl (C=O) groups excluding carboxylic acids is 2. The van der Waals surface area contributed by atoms with Gasteiger partial charge in [-0.3, -0.25) is 10.2 Å². The van der Waals surface area contributed by atoms with E-state index in [0.717, 1.165) is 5.56 Å². The molecule has 0 aliphatic heterocycles. The number of nitrogens with one attached hydrogen (secondary N) is 1. The minimum atomic E-state index is -0.552. The van der Waals surface area contributed by atoms with Gasteiger partial charge in [-0.15, -0.1) is 0 Å². The summed E-state index contributed by atoms with van der Waals surface area (Å²) in [6.07, 6.45) is -0.331. The van der Waals surface area contributed by atoms with Crippen LogP contribution in [0.25, 0.3) is 0 Å². The van der Waals surface area contributed by atoms with E-state index in [1.807, 2.05) is 30.3 Å². The average Bonchev–Trinajstić information content (AvgIpc) is 2.39. The molecule has 0 aliphatic rings. The summed E-state index contributed by atoms with van der Waals surface area (Å²) < 4.78 is 4.86. The summed E-state index contributed by atoms with van der Waals surface area (Å²) in [5.74, 6) is -0.250. The highest BCUT2D eigenvalue weighted by atomic mass is 79.9. The number of hydrogen-bond donors (Lipinski definition) is 1.